The van der Waals surface area contributed by atoms with Gasteiger partial charge in [-0.05, 0) is 61.0 Å². The van der Waals surface area contributed by atoms with Crippen LogP contribution < -0.4 is 25.4 Å². The van der Waals surface area contributed by atoms with E-state index < -0.39 is 15.7 Å². The predicted molar refractivity (Wildman–Crippen MR) is 157 cm³/mol. The van der Waals surface area contributed by atoms with E-state index in [0.29, 0.717) is 22.7 Å². The number of carbonyl (C=O) groups is 2. The Morgan fingerprint density at radius 2 is 1.44 bits per heavy atom. The molecule has 10 heteroatoms. The van der Waals surface area contributed by atoms with Crippen LogP contribution in [0.2, 0.25) is 0 Å². The molecule has 0 saturated carbocycles. The van der Waals surface area contributed by atoms with Gasteiger partial charge in [-0.15, -0.1) is 0 Å². The molecule has 0 bridgehead atoms. The summed E-state index contributed by atoms with van der Waals surface area (Å²) in [6.45, 7) is 1.67. The molecule has 1 unspecified atom stereocenters. The monoisotopic (exact) mass is 573 g/mol. The molecule has 0 spiro atoms. The van der Waals surface area contributed by atoms with E-state index in [4.69, 9.17) is 9.47 Å². The Kier molecular flexibility index (Phi) is 9.26. The van der Waals surface area contributed by atoms with E-state index in [-0.39, 0.29) is 34.0 Å². The van der Waals surface area contributed by atoms with Gasteiger partial charge in [0.15, 0.2) is 5.75 Å². The number of nitrogens with one attached hydrogen (secondary N) is 3. The maximum atomic E-state index is 13.3. The first-order valence-electron chi connectivity index (χ1n) is 12.8. The first-order valence-corrected chi connectivity index (χ1v) is 14.3. The zero-order chi connectivity index (χ0) is 29.4. The maximum absolute atomic E-state index is 13.3. The van der Waals surface area contributed by atoms with E-state index in [0.717, 1.165) is 5.56 Å². The molecular weight excluding hydrogens is 542 g/mol. The molecule has 0 fully saturated rings. The number of amides is 2. The molecular formula is C31H31N3O6S. The number of rotatable bonds is 11. The van der Waals surface area contributed by atoms with E-state index in [1.54, 1.807) is 48.5 Å². The van der Waals surface area contributed by atoms with Crippen LogP contribution in [0.1, 0.15) is 28.9 Å². The number of anilines is 2. The molecule has 4 aromatic carbocycles. The van der Waals surface area contributed by atoms with Crippen LogP contribution in [0, 0.1) is 0 Å². The van der Waals surface area contributed by atoms with Crippen LogP contribution in [-0.2, 0) is 14.6 Å². The summed E-state index contributed by atoms with van der Waals surface area (Å²) in [5, 5.41) is 8.66. The quantitative estimate of drug-likeness (QED) is 0.229. The third kappa shape index (κ3) is 6.85. The molecule has 212 valence electrons. The minimum absolute atomic E-state index is 0.0508. The summed E-state index contributed by atoms with van der Waals surface area (Å²) in [6.07, 6.45) is 0. The number of carbonyl (C=O) groups excluding carboxylic acids is 2. The van der Waals surface area contributed by atoms with Gasteiger partial charge in [-0.2, -0.15) is 0 Å². The van der Waals surface area contributed by atoms with Crippen molar-refractivity contribution in [1.29, 1.82) is 0 Å². The molecule has 0 aliphatic carbocycles. The summed E-state index contributed by atoms with van der Waals surface area (Å²) < 4.78 is 37.3. The Hall–Kier alpha value is -4.83. The summed E-state index contributed by atoms with van der Waals surface area (Å²) in [5.74, 6) is -0.164. The number of methoxy groups -OCH3 is 2. The zero-order valence-electron chi connectivity index (χ0n) is 22.9. The molecule has 0 radical (unpaired) electrons. The summed E-state index contributed by atoms with van der Waals surface area (Å²) in [5.41, 5.74) is 1.94. The summed E-state index contributed by atoms with van der Waals surface area (Å²) >= 11 is 0. The van der Waals surface area contributed by atoms with Gasteiger partial charge in [0, 0.05) is 0 Å². The van der Waals surface area contributed by atoms with Crippen molar-refractivity contribution in [3.05, 3.63) is 108 Å². The van der Waals surface area contributed by atoms with Crippen molar-refractivity contribution in [3.8, 4) is 11.5 Å². The van der Waals surface area contributed by atoms with Gasteiger partial charge in [0.05, 0.1) is 48.6 Å². The molecule has 0 aromatic heterocycles. The molecule has 4 aromatic rings. The highest BCUT2D eigenvalue weighted by Gasteiger charge is 2.24. The van der Waals surface area contributed by atoms with Crippen molar-refractivity contribution in [1.82, 2.24) is 5.32 Å². The van der Waals surface area contributed by atoms with E-state index in [2.05, 4.69) is 16.0 Å². The Balaban J connectivity index is 1.47. The smallest absolute Gasteiger partial charge is 0.253 e. The second-order valence-corrected chi connectivity index (χ2v) is 11.0. The SMILES string of the molecule is COc1ccc(S(=O)(=O)c2cccc(NCC(=O)Nc3ccccc3C(=O)NC(C)c3ccccc3)c2OC)cc1. The zero-order valence-corrected chi connectivity index (χ0v) is 23.7. The number of para-hydroxylation sites is 2. The molecule has 0 aliphatic heterocycles. The molecule has 0 aliphatic rings. The number of sulfone groups is 1. The Morgan fingerprint density at radius 1 is 0.780 bits per heavy atom. The van der Waals surface area contributed by atoms with Crippen molar-refractivity contribution >= 4 is 33.0 Å². The predicted octanol–water partition coefficient (Wildman–Crippen LogP) is 5.08. The van der Waals surface area contributed by atoms with Crippen LogP contribution in [0.15, 0.2) is 107 Å². The third-order valence-electron chi connectivity index (χ3n) is 6.37. The fraction of sp³-hybridized carbons (Fsp3) is 0.161. The number of benzene rings is 4. The average molecular weight is 574 g/mol. The summed E-state index contributed by atoms with van der Waals surface area (Å²) in [7, 11) is -1.07. The van der Waals surface area contributed by atoms with Crippen LogP contribution in [0.4, 0.5) is 11.4 Å². The lowest BCUT2D eigenvalue weighted by molar-refractivity contribution is -0.114. The van der Waals surface area contributed by atoms with Gasteiger partial charge in [0.1, 0.15) is 10.6 Å². The Bertz CT molecular complexity index is 1620. The standard InChI is InChI=1S/C31H31N3O6S/c1-21(22-10-5-4-6-11-22)33-31(36)25-12-7-8-13-26(25)34-29(35)20-32-27-14-9-15-28(30(27)40-3)41(37,38)24-18-16-23(39-2)17-19-24/h4-19,21,32H,20H2,1-3H3,(H,33,36)(H,34,35). The van der Waals surface area contributed by atoms with Gasteiger partial charge in [0.25, 0.3) is 5.91 Å². The third-order valence-corrected chi connectivity index (χ3v) is 8.17. The van der Waals surface area contributed by atoms with Crippen LogP contribution in [-0.4, -0.2) is 41.0 Å². The molecule has 0 saturated heterocycles. The fourth-order valence-electron chi connectivity index (χ4n) is 4.22. The van der Waals surface area contributed by atoms with Crippen molar-refractivity contribution in [2.75, 3.05) is 31.4 Å². The van der Waals surface area contributed by atoms with Gasteiger partial charge >= 0.3 is 0 Å². The van der Waals surface area contributed by atoms with Crippen molar-refractivity contribution in [2.24, 2.45) is 0 Å². The lowest BCUT2D eigenvalue weighted by Gasteiger charge is -2.17. The highest BCUT2D eigenvalue weighted by Crippen LogP contribution is 2.36. The van der Waals surface area contributed by atoms with Crippen LogP contribution in [0.3, 0.4) is 0 Å². The van der Waals surface area contributed by atoms with E-state index in [9.17, 15) is 18.0 Å². The lowest BCUT2D eigenvalue weighted by Crippen LogP contribution is -2.29. The van der Waals surface area contributed by atoms with Crippen LogP contribution in [0.5, 0.6) is 11.5 Å². The van der Waals surface area contributed by atoms with Crippen molar-refractivity contribution in [3.63, 3.8) is 0 Å². The molecule has 0 heterocycles. The number of hydrogen-bond donors (Lipinski definition) is 3. The van der Waals surface area contributed by atoms with E-state index >= 15 is 0 Å². The minimum Gasteiger partial charge on any atom is -0.497 e. The largest absolute Gasteiger partial charge is 0.497 e. The maximum Gasteiger partial charge on any atom is 0.253 e. The lowest BCUT2D eigenvalue weighted by atomic mass is 10.1. The normalized spacial score (nSPS) is 11.7. The van der Waals surface area contributed by atoms with Crippen molar-refractivity contribution in [2.45, 2.75) is 22.8 Å². The van der Waals surface area contributed by atoms with Gasteiger partial charge in [-0.1, -0.05) is 48.5 Å². The van der Waals surface area contributed by atoms with Crippen LogP contribution in [0.25, 0.3) is 0 Å². The molecule has 4 rings (SSSR count). The average Bonchev–Trinajstić information content (AvgIpc) is 3.00. The first kappa shape index (κ1) is 29.2. The molecule has 2 amide bonds. The molecule has 9 nitrogen and oxygen atoms in total. The highest BCUT2D eigenvalue weighted by molar-refractivity contribution is 7.91. The van der Waals surface area contributed by atoms with Gasteiger partial charge in [-0.3, -0.25) is 9.59 Å². The van der Waals surface area contributed by atoms with E-state index in [1.807, 2.05) is 37.3 Å². The second-order valence-electron chi connectivity index (χ2n) is 9.07. The van der Waals surface area contributed by atoms with Crippen molar-refractivity contribution < 1.29 is 27.5 Å². The number of hydrogen-bond acceptors (Lipinski definition) is 7. The summed E-state index contributed by atoms with van der Waals surface area (Å²) in [4.78, 5) is 25.9. The number of ether oxygens (including phenoxy) is 2. The minimum atomic E-state index is -3.93. The van der Waals surface area contributed by atoms with Gasteiger partial charge in [0.2, 0.25) is 15.7 Å². The topological polar surface area (TPSA) is 123 Å². The molecule has 1 atom stereocenters. The summed E-state index contributed by atoms with van der Waals surface area (Å²) in [6, 6.07) is 26.7. The fourth-order valence-corrected chi connectivity index (χ4v) is 5.66. The van der Waals surface area contributed by atoms with Gasteiger partial charge in [-0.25, -0.2) is 8.42 Å². The highest BCUT2D eigenvalue weighted by atomic mass is 32.2. The van der Waals surface area contributed by atoms with Crippen LogP contribution >= 0.6 is 0 Å². The Morgan fingerprint density at radius 3 is 2.12 bits per heavy atom. The van der Waals surface area contributed by atoms with Gasteiger partial charge < -0.3 is 25.4 Å². The molecule has 41 heavy (non-hydrogen) atoms. The second kappa shape index (κ2) is 13.0. The molecule has 3 N–H and O–H groups in total. The van der Waals surface area contributed by atoms with E-state index in [1.165, 1.54) is 32.4 Å². The first-order chi connectivity index (χ1) is 19.7. The Labute approximate surface area is 239 Å².